The molecule has 1 nitrogen and oxygen atoms in total. The van der Waals surface area contributed by atoms with Gasteiger partial charge in [0.15, 0.2) is 0 Å². The molecule has 13 heavy (non-hydrogen) atoms. The van der Waals surface area contributed by atoms with Gasteiger partial charge in [0.2, 0.25) is 0 Å². The van der Waals surface area contributed by atoms with E-state index in [-0.39, 0.29) is 5.92 Å². The summed E-state index contributed by atoms with van der Waals surface area (Å²) in [4.78, 5) is 0. The fourth-order valence-corrected chi connectivity index (χ4v) is 1.88. The van der Waals surface area contributed by atoms with Crippen molar-refractivity contribution in [2.75, 3.05) is 6.54 Å². The van der Waals surface area contributed by atoms with Crippen LogP contribution in [0.2, 0.25) is 0 Å². The maximum Gasteiger partial charge on any atom is 0.270 e. The average Bonchev–Trinajstić information content (AvgIpc) is 2.17. The van der Waals surface area contributed by atoms with Crippen LogP contribution >= 0.6 is 0 Å². The summed E-state index contributed by atoms with van der Waals surface area (Å²) in [6.07, 6.45) is 5.41. The van der Waals surface area contributed by atoms with Gasteiger partial charge in [0.05, 0.1) is 0 Å². The number of hydrogen-bond acceptors (Lipinski definition) is 1. The Labute approximate surface area is 75.8 Å². The molecule has 0 radical (unpaired) electrons. The summed E-state index contributed by atoms with van der Waals surface area (Å²) in [6.45, 7) is 0.628. The zero-order chi connectivity index (χ0) is 9.26. The Bertz CT molecular complexity index is 298. The highest BCUT2D eigenvalue weighted by Crippen LogP contribution is 2.34. The van der Waals surface area contributed by atoms with Crippen molar-refractivity contribution in [3.63, 3.8) is 0 Å². The van der Waals surface area contributed by atoms with Crippen LogP contribution in [0, 0.1) is 5.92 Å². The van der Waals surface area contributed by atoms with Crippen LogP contribution in [0.4, 0.5) is 8.78 Å². The maximum absolute atomic E-state index is 12.5. The summed E-state index contributed by atoms with van der Waals surface area (Å²) >= 11 is 0. The molecule has 0 aromatic heterocycles. The van der Waals surface area contributed by atoms with E-state index >= 15 is 0 Å². The number of allylic oxidation sites excluding steroid dienone is 4. The largest absolute Gasteiger partial charge is 0.388 e. The summed E-state index contributed by atoms with van der Waals surface area (Å²) in [7, 11) is 0. The van der Waals surface area contributed by atoms with E-state index in [4.69, 9.17) is 0 Å². The zero-order valence-electron chi connectivity index (χ0n) is 7.19. The number of fused-ring (bicyclic) bond motifs is 1. The highest BCUT2D eigenvalue weighted by molar-refractivity contribution is 5.31. The minimum atomic E-state index is -1.49. The van der Waals surface area contributed by atoms with Crippen LogP contribution < -0.4 is 5.32 Å². The van der Waals surface area contributed by atoms with Crippen molar-refractivity contribution in [3.05, 3.63) is 35.6 Å². The van der Waals surface area contributed by atoms with E-state index in [0.29, 0.717) is 25.0 Å². The first-order chi connectivity index (χ1) is 6.29. The van der Waals surface area contributed by atoms with Crippen LogP contribution in [0.3, 0.4) is 0 Å². The molecule has 1 heterocycles. The first-order valence-electron chi connectivity index (χ1n) is 4.43. The predicted octanol–water partition coefficient (Wildman–Crippen LogP) is 2.59. The topological polar surface area (TPSA) is 12.0 Å². The van der Waals surface area contributed by atoms with Gasteiger partial charge in [-0.05, 0) is 18.9 Å². The van der Waals surface area contributed by atoms with Crippen molar-refractivity contribution in [2.24, 2.45) is 5.92 Å². The van der Waals surface area contributed by atoms with Crippen molar-refractivity contribution in [1.82, 2.24) is 5.32 Å². The highest BCUT2D eigenvalue weighted by atomic mass is 19.3. The summed E-state index contributed by atoms with van der Waals surface area (Å²) in [5, 5.41) is 3.15. The van der Waals surface area contributed by atoms with E-state index in [2.05, 4.69) is 5.32 Å². The summed E-state index contributed by atoms with van der Waals surface area (Å²) < 4.78 is 25.0. The Kier molecular flexibility index (Phi) is 2.17. The van der Waals surface area contributed by atoms with Gasteiger partial charge in [-0.1, -0.05) is 12.2 Å². The molecule has 0 aromatic rings. The maximum atomic E-state index is 12.5. The summed E-state index contributed by atoms with van der Waals surface area (Å²) in [5.41, 5.74) is 1.26. The quantitative estimate of drug-likeness (QED) is 0.608. The second kappa shape index (κ2) is 3.32. The number of nitrogens with one attached hydrogen (secondary N) is 1. The van der Waals surface area contributed by atoms with Gasteiger partial charge >= 0.3 is 0 Å². The Morgan fingerprint density at radius 1 is 1.46 bits per heavy atom. The second-order valence-electron chi connectivity index (χ2n) is 3.30. The second-order valence-corrected chi connectivity index (χ2v) is 3.30. The van der Waals surface area contributed by atoms with Gasteiger partial charge in [-0.3, -0.25) is 0 Å². The molecule has 2 rings (SSSR count). The van der Waals surface area contributed by atoms with Gasteiger partial charge in [-0.2, -0.15) is 8.78 Å². The lowest BCUT2D eigenvalue weighted by Gasteiger charge is -2.29. The third-order valence-corrected chi connectivity index (χ3v) is 2.55. The fourth-order valence-electron chi connectivity index (χ4n) is 1.88. The number of hydrogen-bond donors (Lipinski definition) is 1. The van der Waals surface area contributed by atoms with Gasteiger partial charge in [-0.15, -0.1) is 0 Å². The van der Waals surface area contributed by atoms with Crippen LogP contribution in [0.15, 0.2) is 35.6 Å². The molecule has 1 atom stereocenters. The van der Waals surface area contributed by atoms with Crippen molar-refractivity contribution in [3.8, 4) is 0 Å². The predicted molar refractivity (Wildman–Crippen MR) is 47.2 cm³/mol. The van der Waals surface area contributed by atoms with Gasteiger partial charge < -0.3 is 5.32 Å². The van der Waals surface area contributed by atoms with Crippen LogP contribution in [0.25, 0.3) is 0 Å². The molecule has 2 aliphatic rings. The van der Waals surface area contributed by atoms with Gasteiger partial charge in [0.1, 0.15) is 0 Å². The third kappa shape index (κ3) is 1.50. The van der Waals surface area contributed by atoms with E-state index in [1.165, 1.54) is 0 Å². The van der Waals surface area contributed by atoms with Crippen molar-refractivity contribution in [1.29, 1.82) is 0 Å². The lowest BCUT2D eigenvalue weighted by Crippen LogP contribution is -2.30. The molecule has 0 spiro atoms. The molecule has 0 aromatic carbocycles. The molecule has 70 valence electrons. The van der Waals surface area contributed by atoms with E-state index in [1.54, 1.807) is 0 Å². The lowest BCUT2D eigenvalue weighted by atomic mass is 9.85. The number of rotatable bonds is 0. The zero-order valence-corrected chi connectivity index (χ0v) is 7.19. The summed E-state index contributed by atoms with van der Waals surface area (Å²) in [6, 6.07) is 0. The SMILES string of the molecule is FC(F)=C1CCNC2=CC=CCC21. The fraction of sp³-hybridized carbons (Fsp3) is 0.400. The van der Waals surface area contributed by atoms with E-state index < -0.39 is 6.08 Å². The Balaban J connectivity index is 2.31. The van der Waals surface area contributed by atoms with Crippen molar-refractivity contribution < 1.29 is 8.78 Å². The Morgan fingerprint density at radius 2 is 2.31 bits per heavy atom. The van der Waals surface area contributed by atoms with E-state index in [0.717, 1.165) is 5.70 Å². The molecule has 0 amide bonds. The first kappa shape index (κ1) is 8.48. The van der Waals surface area contributed by atoms with Crippen LogP contribution in [-0.2, 0) is 0 Å². The van der Waals surface area contributed by atoms with Crippen molar-refractivity contribution in [2.45, 2.75) is 12.8 Å². The molecule has 0 bridgehead atoms. The smallest absolute Gasteiger partial charge is 0.270 e. The van der Waals surface area contributed by atoms with Crippen LogP contribution in [-0.4, -0.2) is 6.54 Å². The molecule has 0 saturated carbocycles. The molecule has 1 fully saturated rings. The molecular formula is C10H11F2N. The summed E-state index contributed by atoms with van der Waals surface area (Å²) in [5.74, 6) is -0.0938. The van der Waals surface area contributed by atoms with Gasteiger partial charge in [0, 0.05) is 23.7 Å². The van der Waals surface area contributed by atoms with Crippen LogP contribution in [0.1, 0.15) is 12.8 Å². The lowest BCUT2D eigenvalue weighted by molar-refractivity contribution is 0.382. The normalized spacial score (nSPS) is 26.2. The van der Waals surface area contributed by atoms with E-state index in [9.17, 15) is 8.78 Å². The van der Waals surface area contributed by atoms with E-state index in [1.807, 2.05) is 18.2 Å². The van der Waals surface area contributed by atoms with Crippen molar-refractivity contribution >= 4 is 0 Å². The average molecular weight is 183 g/mol. The van der Waals surface area contributed by atoms with Gasteiger partial charge in [0.25, 0.3) is 6.08 Å². The Morgan fingerprint density at radius 3 is 3.08 bits per heavy atom. The minimum Gasteiger partial charge on any atom is -0.388 e. The third-order valence-electron chi connectivity index (χ3n) is 2.55. The Hall–Kier alpha value is -1.12. The molecule has 1 aliphatic carbocycles. The highest BCUT2D eigenvalue weighted by Gasteiger charge is 2.26. The van der Waals surface area contributed by atoms with Gasteiger partial charge in [-0.25, -0.2) is 0 Å². The molecule has 1 aliphatic heterocycles. The molecule has 3 heteroatoms. The number of piperidine rings is 1. The first-order valence-corrected chi connectivity index (χ1v) is 4.43. The minimum absolute atomic E-state index is 0.0938. The molecule has 1 saturated heterocycles. The molecule has 1 unspecified atom stereocenters. The monoisotopic (exact) mass is 183 g/mol. The van der Waals surface area contributed by atoms with Crippen LogP contribution in [0.5, 0.6) is 0 Å². The standard InChI is InChI=1S/C10H11F2N/c11-10(12)8-5-6-13-9-4-2-1-3-7(8)9/h1-2,4,7,13H,3,5-6H2. The molecule has 1 N–H and O–H groups in total. The molecular weight excluding hydrogens is 172 g/mol. The number of halogens is 2.